The first-order chi connectivity index (χ1) is 8.50. The summed E-state index contributed by atoms with van der Waals surface area (Å²) in [4.78, 5) is 4.41. The summed E-state index contributed by atoms with van der Waals surface area (Å²) in [5, 5.41) is 2.71. The van der Waals surface area contributed by atoms with Crippen molar-refractivity contribution in [2.75, 3.05) is 6.54 Å². The lowest BCUT2D eigenvalue weighted by Gasteiger charge is -2.41. The fourth-order valence-corrected chi connectivity index (χ4v) is 5.06. The van der Waals surface area contributed by atoms with E-state index >= 15 is 0 Å². The zero-order valence-electron chi connectivity index (χ0n) is 11.6. The Hall–Kier alpha value is -0.0600. The van der Waals surface area contributed by atoms with Crippen molar-refractivity contribution in [3.05, 3.63) is 11.6 Å². The maximum absolute atomic E-state index is 5.95. The van der Waals surface area contributed by atoms with Crippen LogP contribution >= 0.6 is 23.1 Å². The van der Waals surface area contributed by atoms with Crippen LogP contribution in [0.4, 0.5) is 0 Å². The number of thiazole rings is 1. The summed E-state index contributed by atoms with van der Waals surface area (Å²) < 4.78 is 1.20. The Bertz CT molecular complexity index is 356. The molecule has 0 aliphatic heterocycles. The van der Waals surface area contributed by atoms with Gasteiger partial charge in [0.1, 0.15) is 4.34 Å². The molecule has 1 aromatic heterocycles. The van der Waals surface area contributed by atoms with Crippen LogP contribution in [0, 0.1) is 17.3 Å². The molecule has 1 aromatic rings. The Morgan fingerprint density at radius 3 is 2.78 bits per heavy atom. The highest BCUT2D eigenvalue weighted by Crippen LogP contribution is 2.45. The van der Waals surface area contributed by atoms with Crippen LogP contribution in [0.3, 0.4) is 0 Å². The van der Waals surface area contributed by atoms with E-state index in [1.807, 2.05) is 18.0 Å². The summed E-state index contributed by atoms with van der Waals surface area (Å²) >= 11 is 3.70. The Kier molecular flexibility index (Phi) is 4.73. The number of nitrogens with two attached hydrogens (primary N) is 1. The smallest absolute Gasteiger partial charge is 0.150 e. The van der Waals surface area contributed by atoms with Crippen molar-refractivity contribution in [3.8, 4) is 0 Å². The van der Waals surface area contributed by atoms with Gasteiger partial charge >= 0.3 is 0 Å². The predicted octanol–water partition coefficient (Wildman–Crippen LogP) is 4.02. The van der Waals surface area contributed by atoms with Gasteiger partial charge in [-0.05, 0) is 43.1 Å². The largest absolute Gasteiger partial charge is 0.330 e. The van der Waals surface area contributed by atoms with Crippen LogP contribution in [0.5, 0.6) is 0 Å². The summed E-state index contributed by atoms with van der Waals surface area (Å²) in [5.41, 5.74) is 6.36. The topological polar surface area (TPSA) is 38.9 Å². The quantitative estimate of drug-likeness (QED) is 0.911. The number of hydrogen-bond donors (Lipinski definition) is 1. The van der Waals surface area contributed by atoms with Crippen molar-refractivity contribution < 1.29 is 0 Å². The van der Waals surface area contributed by atoms with E-state index < -0.39 is 0 Å². The van der Waals surface area contributed by atoms with Gasteiger partial charge in [0.05, 0.1) is 0 Å². The fourth-order valence-electron chi connectivity index (χ4n) is 2.79. The van der Waals surface area contributed by atoms with Gasteiger partial charge in [0, 0.05) is 16.8 Å². The van der Waals surface area contributed by atoms with Crippen LogP contribution in [0.1, 0.15) is 40.0 Å². The van der Waals surface area contributed by atoms with Crippen LogP contribution in [0.2, 0.25) is 0 Å². The van der Waals surface area contributed by atoms with Gasteiger partial charge in [-0.25, -0.2) is 4.98 Å². The van der Waals surface area contributed by atoms with E-state index in [2.05, 4.69) is 31.1 Å². The van der Waals surface area contributed by atoms with Crippen LogP contribution in [-0.2, 0) is 0 Å². The molecule has 0 aromatic carbocycles. The molecule has 1 saturated carbocycles. The standard InChI is InChI=1S/C14H24N2S2/c1-14(2,3)11-5-4-10(9-15)12(8-11)18-13-16-6-7-17-13/h6-7,10-12H,4-5,8-9,15H2,1-3H3. The molecule has 1 fully saturated rings. The maximum atomic E-state index is 5.95. The van der Waals surface area contributed by atoms with Crippen molar-refractivity contribution in [2.45, 2.75) is 49.6 Å². The van der Waals surface area contributed by atoms with Gasteiger partial charge in [-0.2, -0.15) is 0 Å². The van der Waals surface area contributed by atoms with Gasteiger partial charge in [-0.15, -0.1) is 11.3 Å². The van der Waals surface area contributed by atoms with Crippen molar-refractivity contribution in [1.29, 1.82) is 0 Å². The Morgan fingerprint density at radius 1 is 1.44 bits per heavy atom. The second-order valence-electron chi connectivity index (χ2n) is 6.33. The van der Waals surface area contributed by atoms with Crippen molar-refractivity contribution in [1.82, 2.24) is 4.98 Å². The molecule has 3 unspecified atom stereocenters. The summed E-state index contributed by atoms with van der Waals surface area (Å²) in [6.07, 6.45) is 5.80. The number of hydrogen-bond acceptors (Lipinski definition) is 4. The summed E-state index contributed by atoms with van der Waals surface area (Å²) in [6, 6.07) is 0. The van der Waals surface area contributed by atoms with Crippen LogP contribution in [0.15, 0.2) is 15.9 Å². The van der Waals surface area contributed by atoms with Crippen molar-refractivity contribution in [3.63, 3.8) is 0 Å². The first-order valence-electron chi connectivity index (χ1n) is 6.77. The van der Waals surface area contributed by atoms with Crippen LogP contribution in [0.25, 0.3) is 0 Å². The van der Waals surface area contributed by atoms with Gasteiger partial charge in [0.25, 0.3) is 0 Å². The maximum Gasteiger partial charge on any atom is 0.150 e. The SMILES string of the molecule is CC(C)(C)C1CCC(CN)C(Sc2nccs2)C1. The van der Waals surface area contributed by atoms with Gasteiger partial charge in [-0.1, -0.05) is 32.5 Å². The van der Waals surface area contributed by atoms with E-state index in [1.165, 1.54) is 23.6 Å². The fraction of sp³-hybridized carbons (Fsp3) is 0.786. The minimum absolute atomic E-state index is 0.418. The number of rotatable bonds is 3. The minimum Gasteiger partial charge on any atom is -0.330 e. The van der Waals surface area contributed by atoms with Crippen molar-refractivity contribution in [2.24, 2.45) is 23.0 Å². The molecule has 2 N–H and O–H groups in total. The molecule has 102 valence electrons. The molecule has 1 aliphatic rings. The van der Waals surface area contributed by atoms with Crippen molar-refractivity contribution >= 4 is 23.1 Å². The molecule has 4 heteroatoms. The first-order valence-corrected chi connectivity index (χ1v) is 8.53. The minimum atomic E-state index is 0.418. The molecule has 18 heavy (non-hydrogen) atoms. The summed E-state index contributed by atoms with van der Waals surface area (Å²) in [5.74, 6) is 1.48. The van der Waals surface area contributed by atoms with Crippen LogP contribution in [-0.4, -0.2) is 16.8 Å². The first kappa shape index (κ1) is 14.4. The molecule has 2 nitrogen and oxygen atoms in total. The monoisotopic (exact) mass is 284 g/mol. The zero-order chi connectivity index (χ0) is 13.2. The molecule has 0 amide bonds. The highest BCUT2D eigenvalue weighted by molar-refractivity contribution is 8.01. The van der Waals surface area contributed by atoms with E-state index in [4.69, 9.17) is 5.73 Å². The Balaban J connectivity index is 2.04. The lowest BCUT2D eigenvalue weighted by atomic mass is 9.69. The zero-order valence-corrected chi connectivity index (χ0v) is 13.2. The molecule has 1 heterocycles. The van der Waals surface area contributed by atoms with Gasteiger partial charge in [-0.3, -0.25) is 0 Å². The molecule has 1 aliphatic carbocycles. The summed E-state index contributed by atoms with van der Waals surface area (Å²) in [6.45, 7) is 7.92. The average molecular weight is 284 g/mol. The third-order valence-corrected chi connectivity index (χ3v) is 6.45. The molecule has 2 rings (SSSR count). The third kappa shape index (κ3) is 3.49. The molecular weight excluding hydrogens is 260 g/mol. The highest BCUT2D eigenvalue weighted by atomic mass is 32.2. The van der Waals surface area contributed by atoms with E-state index in [0.29, 0.717) is 16.6 Å². The van der Waals surface area contributed by atoms with Gasteiger partial charge < -0.3 is 5.73 Å². The van der Waals surface area contributed by atoms with Gasteiger partial charge in [0.15, 0.2) is 0 Å². The molecule has 3 atom stereocenters. The lowest BCUT2D eigenvalue weighted by molar-refractivity contribution is 0.157. The average Bonchev–Trinajstić information content (AvgIpc) is 2.80. The molecule has 0 saturated heterocycles. The molecular formula is C14H24N2S2. The second kappa shape index (κ2) is 5.93. The number of aromatic nitrogens is 1. The normalized spacial score (nSPS) is 29.4. The Morgan fingerprint density at radius 2 is 2.22 bits per heavy atom. The molecule has 0 bridgehead atoms. The highest BCUT2D eigenvalue weighted by Gasteiger charge is 2.36. The predicted molar refractivity (Wildman–Crippen MR) is 81.1 cm³/mol. The van der Waals surface area contributed by atoms with E-state index in [0.717, 1.165) is 12.5 Å². The Labute approximate surface area is 119 Å². The second-order valence-corrected chi connectivity index (χ2v) is 8.71. The lowest BCUT2D eigenvalue weighted by Crippen LogP contribution is -2.36. The van der Waals surface area contributed by atoms with Gasteiger partial charge in [0.2, 0.25) is 0 Å². The van der Waals surface area contributed by atoms with E-state index in [-0.39, 0.29) is 0 Å². The molecule has 0 radical (unpaired) electrons. The third-order valence-electron chi connectivity index (χ3n) is 4.12. The van der Waals surface area contributed by atoms with E-state index in [9.17, 15) is 0 Å². The summed E-state index contributed by atoms with van der Waals surface area (Å²) in [7, 11) is 0. The van der Waals surface area contributed by atoms with Crippen LogP contribution < -0.4 is 5.73 Å². The number of nitrogens with zero attached hydrogens (tertiary/aromatic N) is 1. The van der Waals surface area contributed by atoms with E-state index in [1.54, 1.807) is 11.3 Å². The molecule has 0 spiro atoms. The number of thioether (sulfide) groups is 1.